The minimum Gasteiger partial charge on any atom is -0.501 e. The van der Waals surface area contributed by atoms with Crippen LogP contribution in [0.5, 0.6) is 5.75 Å². The first-order valence-electron chi connectivity index (χ1n) is 8.39. The molecule has 3 aromatic rings. The number of H-pyrrole nitrogens is 1. The van der Waals surface area contributed by atoms with Crippen molar-refractivity contribution in [1.29, 1.82) is 0 Å². The number of aryl methyl sites for hydroxylation is 1. The van der Waals surface area contributed by atoms with Crippen molar-refractivity contribution in [2.45, 2.75) is 25.3 Å². The highest BCUT2D eigenvalue weighted by atomic mass is 32.1. The number of hydrogen-bond acceptors (Lipinski definition) is 5. The van der Waals surface area contributed by atoms with E-state index in [1.807, 2.05) is 29.6 Å². The van der Waals surface area contributed by atoms with Crippen molar-refractivity contribution in [3.8, 4) is 16.5 Å². The summed E-state index contributed by atoms with van der Waals surface area (Å²) >= 11 is 1.39. The van der Waals surface area contributed by atoms with Gasteiger partial charge in [-0.2, -0.15) is 0 Å². The Bertz CT molecular complexity index is 1010. The lowest BCUT2D eigenvalue weighted by Gasteiger charge is -2.26. The molecular formula is C19H17N3O3S. The minimum absolute atomic E-state index is 0.155. The Morgan fingerprint density at radius 3 is 2.92 bits per heavy atom. The molecule has 0 fully saturated rings. The van der Waals surface area contributed by atoms with Gasteiger partial charge in [-0.3, -0.25) is 9.59 Å². The van der Waals surface area contributed by atoms with Crippen LogP contribution in [-0.2, 0) is 6.42 Å². The van der Waals surface area contributed by atoms with E-state index in [0.29, 0.717) is 0 Å². The van der Waals surface area contributed by atoms with Crippen LogP contribution in [0.3, 0.4) is 0 Å². The number of aromatic nitrogens is 2. The van der Waals surface area contributed by atoms with E-state index in [2.05, 4.69) is 21.4 Å². The zero-order chi connectivity index (χ0) is 18.1. The molecule has 0 bridgehead atoms. The maximum atomic E-state index is 12.7. The zero-order valence-electron chi connectivity index (χ0n) is 13.9. The first-order valence-corrected chi connectivity index (χ1v) is 9.27. The molecule has 1 atom stereocenters. The summed E-state index contributed by atoms with van der Waals surface area (Å²) in [7, 11) is 0. The summed E-state index contributed by atoms with van der Waals surface area (Å²) < 4.78 is 0. The number of thiophene rings is 1. The van der Waals surface area contributed by atoms with Gasteiger partial charge in [0.2, 0.25) is 5.75 Å². The number of amides is 1. The lowest BCUT2D eigenvalue weighted by atomic mass is 9.87. The largest absolute Gasteiger partial charge is 0.501 e. The molecule has 2 heterocycles. The van der Waals surface area contributed by atoms with Gasteiger partial charge in [0.25, 0.3) is 11.5 Å². The lowest BCUT2D eigenvalue weighted by molar-refractivity contribution is 0.0924. The molecule has 1 aliphatic carbocycles. The van der Waals surface area contributed by atoms with Crippen molar-refractivity contribution in [1.82, 2.24) is 15.3 Å². The van der Waals surface area contributed by atoms with Crippen LogP contribution < -0.4 is 10.9 Å². The summed E-state index contributed by atoms with van der Waals surface area (Å²) in [6.45, 7) is 0. The second kappa shape index (κ2) is 6.76. The molecule has 0 saturated heterocycles. The number of nitrogens with zero attached hydrogens (tertiary/aromatic N) is 1. The first-order chi connectivity index (χ1) is 12.6. The molecular weight excluding hydrogens is 350 g/mol. The number of carbonyl (C=O) groups is 1. The molecule has 2 aromatic heterocycles. The van der Waals surface area contributed by atoms with Crippen molar-refractivity contribution in [3.05, 3.63) is 69.0 Å². The van der Waals surface area contributed by atoms with Crippen molar-refractivity contribution < 1.29 is 9.90 Å². The van der Waals surface area contributed by atoms with Crippen LogP contribution in [0.15, 0.2) is 46.6 Å². The van der Waals surface area contributed by atoms with E-state index in [0.717, 1.165) is 29.7 Å². The highest BCUT2D eigenvalue weighted by Gasteiger charge is 2.25. The molecule has 0 spiro atoms. The average molecular weight is 367 g/mol. The summed E-state index contributed by atoms with van der Waals surface area (Å²) in [6.07, 6.45) is 2.77. The van der Waals surface area contributed by atoms with Crippen LogP contribution >= 0.6 is 11.3 Å². The Morgan fingerprint density at radius 2 is 2.12 bits per heavy atom. The number of aromatic amines is 1. The molecule has 0 saturated carbocycles. The standard InChI is InChI=1S/C19H17N3O3S/c23-16-15(21-17(22-19(16)25)14-9-4-10-26-14)18(24)20-13-8-3-6-11-5-1-2-7-12(11)13/h1-2,4-5,7,9-10,13,23H,3,6,8H2,(H,20,24)(H,21,22,25). The van der Waals surface area contributed by atoms with Gasteiger partial charge in [-0.1, -0.05) is 30.3 Å². The normalized spacial score (nSPS) is 16.1. The number of benzene rings is 1. The van der Waals surface area contributed by atoms with Crippen LogP contribution in [0.2, 0.25) is 0 Å². The molecule has 1 aromatic carbocycles. The number of aromatic hydroxyl groups is 1. The summed E-state index contributed by atoms with van der Waals surface area (Å²) in [5.41, 5.74) is 1.32. The lowest BCUT2D eigenvalue weighted by Crippen LogP contribution is -2.32. The van der Waals surface area contributed by atoms with Crippen molar-refractivity contribution >= 4 is 17.2 Å². The molecule has 1 amide bonds. The Kier molecular flexibility index (Phi) is 4.30. The number of hydrogen-bond donors (Lipinski definition) is 3. The molecule has 1 unspecified atom stereocenters. The quantitative estimate of drug-likeness (QED) is 0.663. The maximum absolute atomic E-state index is 12.7. The van der Waals surface area contributed by atoms with Gasteiger partial charge in [-0.15, -0.1) is 11.3 Å². The van der Waals surface area contributed by atoms with Crippen molar-refractivity contribution in [2.24, 2.45) is 0 Å². The molecule has 26 heavy (non-hydrogen) atoms. The third-order valence-electron chi connectivity index (χ3n) is 4.54. The number of carbonyl (C=O) groups excluding carboxylic acids is 1. The molecule has 1 aliphatic rings. The minimum atomic E-state index is -0.724. The third kappa shape index (κ3) is 3.01. The van der Waals surface area contributed by atoms with Crippen molar-refractivity contribution in [3.63, 3.8) is 0 Å². The van der Waals surface area contributed by atoms with E-state index in [4.69, 9.17) is 0 Å². The van der Waals surface area contributed by atoms with Crippen LogP contribution in [0.25, 0.3) is 10.7 Å². The highest BCUT2D eigenvalue weighted by Crippen LogP contribution is 2.30. The van der Waals surface area contributed by atoms with Crippen LogP contribution in [0, 0.1) is 0 Å². The summed E-state index contributed by atoms with van der Waals surface area (Å²) in [6, 6.07) is 11.5. The average Bonchev–Trinajstić information content (AvgIpc) is 3.19. The van der Waals surface area contributed by atoms with Gasteiger partial charge < -0.3 is 15.4 Å². The van der Waals surface area contributed by atoms with Crippen LogP contribution in [0.4, 0.5) is 0 Å². The van der Waals surface area contributed by atoms with E-state index < -0.39 is 17.2 Å². The predicted molar refractivity (Wildman–Crippen MR) is 99.4 cm³/mol. The van der Waals surface area contributed by atoms with Gasteiger partial charge in [-0.05, 0) is 41.8 Å². The fourth-order valence-electron chi connectivity index (χ4n) is 3.29. The molecule has 0 radical (unpaired) electrons. The van der Waals surface area contributed by atoms with Crippen LogP contribution in [-0.4, -0.2) is 21.0 Å². The van der Waals surface area contributed by atoms with Gasteiger partial charge in [-0.25, -0.2) is 4.98 Å². The Labute approximate surface area is 153 Å². The van der Waals surface area contributed by atoms with Gasteiger partial charge in [0.1, 0.15) is 0 Å². The Balaban J connectivity index is 1.66. The highest BCUT2D eigenvalue weighted by molar-refractivity contribution is 7.13. The first kappa shape index (κ1) is 16.5. The van der Waals surface area contributed by atoms with Crippen molar-refractivity contribution in [2.75, 3.05) is 0 Å². The van der Waals surface area contributed by atoms with Gasteiger partial charge >= 0.3 is 0 Å². The van der Waals surface area contributed by atoms with Gasteiger partial charge in [0.15, 0.2) is 11.5 Å². The molecule has 6 nitrogen and oxygen atoms in total. The second-order valence-corrected chi connectivity index (χ2v) is 7.15. The smallest absolute Gasteiger partial charge is 0.294 e. The molecule has 4 rings (SSSR count). The fraction of sp³-hybridized carbons (Fsp3) is 0.211. The number of rotatable bonds is 3. The Hall–Kier alpha value is -2.93. The zero-order valence-corrected chi connectivity index (χ0v) is 14.7. The second-order valence-electron chi connectivity index (χ2n) is 6.21. The topological polar surface area (TPSA) is 95.1 Å². The van der Waals surface area contributed by atoms with E-state index in [9.17, 15) is 14.7 Å². The van der Waals surface area contributed by atoms with E-state index in [1.165, 1.54) is 16.9 Å². The predicted octanol–water partition coefficient (Wildman–Crippen LogP) is 3.01. The molecule has 0 aliphatic heterocycles. The number of fused-ring (bicyclic) bond motifs is 1. The van der Waals surface area contributed by atoms with Gasteiger partial charge in [0, 0.05) is 0 Å². The molecule has 132 valence electrons. The summed E-state index contributed by atoms with van der Waals surface area (Å²) in [5.74, 6) is -0.933. The fourth-order valence-corrected chi connectivity index (χ4v) is 3.95. The molecule has 7 heteroatoms. The number of nitrogens with one attached hydrogen (secondary N) is 2. The monoisotopic (exact) mass is 367 g/mol. The SMILES string of the molecule is O=C(NC1CCCc2ccccc21)c1nc(-c2cccs2)[nH]c(=O)c1O. The maximum Gasteiger partial charge on any atom is 0.294 e. The summed E-state index contributed by atoms with van der Waals surface area (Å²) in [5, 5.41) is 14.8. The van der Waals surface area contributed by atoms with Gasteiger partial charge in [0.05, 0.1) is 10.9 Å². The Morgan fingerprint density at radius 1 is 1.27 bits per heavy atom. The van der Waals surface area contributed by atoms with Crippen LogP contribution in [0.1, 0.15) is 40.5 Å². The van der Waals surface area contributed by atoms with E-state index in [1.54, 1.807) is 6.07 Å². The molecule has 3 N–H and O–H groups in total. The van der Waals surface area contributed by atoms with E-state index >= 15 is 0 Å². The van der Waals surface area contributed by atoms with E-state index in [-0.39, 0.29) is 17.6 Å². The summed E-state index contributed by atoms with van der Waals surface area (Å²) in [4.78, 5) is 32.2. The third-order valence-corrected chi connectivity index (χ3v) is 5.42.